The molecule has 0 bridgehead atoms. The summed E-state index contributed by atoms with van der Waals surface area (Å²) >= 11 is 3.13. The highest BCUT2D eigenvalue weighted by molar-refractivity contribution is 8.00. The molecule has 0 amide bonds. The molecule has 0 saturated heterocycles. The van der Waals surface area contributed by atoms with Gasteiger partial charge in [0.15, 0.2) is 5.16 Å². The van der Waals surface area contributed by atoms with Crippen molar-refractivity contribution in [2.24, 2.45) is 0 Å². The summed E-state index contributed by atoms with van der Waals surface area (Å²) in [5.41, 5.74) is 2.81. The molecule has 0 atom stereocenters. The van der Waals surface area contributed by atoms with Crippen LogP contribution in [0, 0.1) is 22.7 Å². The summed E-state index contributed by atoms with van der Waals surface area (Å²) in [6, 6.07) is 18.2. The summed E-state index contributed by atoms with van der Waals surface area (Å²) < 4.78 is 0. The average Bonchev–Trinajstić information content (AvgIpc) is 3.22. The Morgan fingerprint density at radius 1 is 1.03 bits per heavy atom. The molecule has 0 radical (unpaired) electrons. The van der Waals surface area contributed by atoms with Crippen LogP contribution < -0.4 is 0 Å². The van der Waals surface area contributed by atoms with Crippen molar-refractivity contribution in [2.75, 3.05) is 5.75 Å². The van der Waals surface area contributed by atoms with Crippen LogP contribution in [-0.4, -0.2) is 15.7 Å². The Hall–Kier alpha value is -2.67. The quantitative estimate of drug-likeness (QED) is 0.311. The SMILES string of the molecule is CCCCCCSc1cc(C#N)c(C#N)c(Sc2ncc(-c3ccccc3)[nH]2)c1. The molecule has 0 aliphatic heterocycles. The highest BCUT2D eigenvalue weighted by atomic mass is 32.2. The molecule has 1 heterocycles. The number of benzene rings is 2. The Kier molecular flexibility index (Phi) is 7.81. The van der Waals surface area contributed by atoms with E-state index in [4.69, 9.17) is 0 Å². The molecular formula is C23H22N4S2. The number of thioether (sulfide) groups is 1. The van der Waals surface area contributed by atoms with E-state index in [1.807, 2.05) is 42.5 Å². The number of hydrogen-bond acceptors (Lipinski definition) is 5. The summed E-state index contributed by atoms with van der Waals surface area (Å²) in [6.07, 6.45) is 6.64. The van der Waals surface area contributed by atoms with Crippen LogP contribution >= 0.6 is 23.5 Å². The fourth-order valence-electron chi connectivity index (χ4n) is 2.90. The zero-order chi connectivity index (χ0) is 20.5. The molecule has 0 fully saturated rings. The predicted molar refractivity (Wildman–Crippen MR) is 119 cm³/mol. The van der Waals surface area contributed by atoms with Gasteiger partial charge in [0.1, 0.15) is 12.1 Å². The number of nitriles is 2. The van der Waals surface area contributed by atoms with E-state index in [1.54, 1.807) is 18.0 Å². The molecule has 0 saturated carbocycles. The lowest BCUT2D eigenvalue weighted by atomic mass is 10.1. The lowest BCUT2D eigenvalue weighted by molar-refractivity contribution is 0.706. The third kappa shape index (κ3) is 5.67. The lowest BCUT2D eigenvalue weighted by Gasteiger charge is -2.08. The van der Waals surface area contributed by atoms with Crippen molar-refractivity contribution < 1.29 is 0 Å². The van der Waals surface area contributed by atoms with E-state index in [2.05, 4.69) is 29.0 Å². The number of hydrogen-bond donors (Lipinski definition) is 1. The van der Waals surface area contributed by atoms with Crippen LogP contribution in [0.3, 0.4) is 0 Å². The maximum atomic E-state index is 9.60. The average molecular weight is 419 g/mol. The molecule has 1 aromatic heterocycles. The first-order valence-corrected chi connectivity index (χ1v) is 11.4. The Balaban J connectivity index is 1.80. The van der Waals surface area contributed by atoms with Gasteiger partial charge < -0.3 is 4.98 Å². The predicted octanol–water partition coefficient (Wildman–Crippen LogP) is 6.64. The van der Waals surface area contributed by atoms with Crippen LogP contribution in [0.1, 0.15) is 43.7 Å². The highest BCUT2D eigenvalue weighted by Gasteiger charge is 2.14. The van der Waals surface area contributed by atoms with Gasteiger partial charge in [-0.05, 0) is 29.9 Å². The summed E-state index contributed by atoms with van der Waals surface area (Å²) in [7, 11) is 0. The summed E-state index contributed by atoms with van der Waals surface area (Å²) in [6.45, 7) is 2.20. The molecule has 3 aromatic rings. The zero-order valence-electron chi connectivity index (χ0n) is 16.3. The van der Waals surface area contributed by atoms with E-state index >= 15 is 0 Å². The lowest BCUT2D eigenvalue weighted by Crippen LogP contribution is -1.91. The first kappa shape index (κ1) is 21.0. The minimum Gasteiger partial charge on any atom is -0.333 e. The Morgan fingerprint density at radius 2 is 1.86 bits per heavy atom. The van der Waals surface area contributed by atoms with E-state index < -0.39 is 0 Å². The highest BCUT2D eigenvalue weighted by Crippen LogP contribution is 2.35. The van der Waals surface area contributed by atoms with E-state index in [9.17, 15) is 10.5 Å². The maximum Gasteiger partial charge on any atom is 0.170 e. The van der Waals surface area contributed by atoms with Gasteiger partial charge in [0.2, 0.25) is 0 Å². The maximum absolute atomic E-state index is 9.60. The second-order valence-corrected chi connectivity index (χ2v) is 8.75. The van der Waals surface area contributed by atoms with Crippen molar-refractivity contribution in [3.05, 3.63) is 59.8 Å². The molecule has 0 aliphatic rings. The van der Waals surface area contributed by atoms with Crippen molar-refractivity contribution in [3.8, 4) is 23.4 Å². The molecule has 3 rings (SSSR count). The Labute approximate surface area is 180 Å². The molecule has 146 valence electrons. The second kappa shape index (κ2) is 10.8. The van der Waals surface area contributed by atoms with Crippen molar-refractivity contribution >= 4 is 23.5 Å². The third-order valence-corrected chi connectivity index (χ3v) is 6.42. The molecule has 1 N–H and O–H groups in total. The topological polar surface area (TPSA) is 76.3 Å². The van der Waals surface area contributed by atoms with Crippen molar-refractivity contribution in [1.29, 1.82) is 10.5 Å². The first-order chi connectivity index (χ1) is 14.2. The normalized spacial score (nSPS) is 10.4. The summed E-state index contributed by atoms with van der Waals surface area (Å²) in [4.78, 5) is 9.54. The number of rotatable bonds is 9. The van der Waals surface area contributed by atoms with Crippen LogP contribution in [0.4, 0.5) is 0 Å². The van der Waals surface area contributed by atoms with Gasteiger partial charge in [-0.25, -0.2) is 4.98 Å². The first-order valence-electron chi connectivity index (χ1n) is 9.64. The van der Waals surface area contributed by atoms with Gasteiger partial charge in [0.25, 0.3) is 0 Å². The van der Waals surface area contributed by atoms with Crippen molar-refractivity contribution in [3.63, 3.8) is 0 Å². The number of aromatic amines is 1. The Morgan fingerprint density at radius 3 is 2.59 bits per heavy atom. The molecule has 2 aromatic carbocycles. The van der Waals surface area contributed by atoms with Gasteiger partial charge >= 0.3 is 0 Å². The summed E-state index contributed by atoms with van der Waals surface area (Å²) in [5, 5.41) is 19.8. The minimum absolute atomic E-state index is 0.408. The fraction of sp³-hybridized carbons (Fsp3) is 0.261. The molecule has 0 unspecified atom stereocenters. The van der Waals surface area contributed by atoms with Crippen molar-refractivity contribution in [1.82, 2.24) is 9.97 Å². The van der Waals surface area contributed by atoms with Crippen LogP contribution in [-0.2, 0) is 0 Å². The second-order valence-electron chi connectivity index (χ2n) is 6.55. The smallest absolute Gasteiger partial charge is 0.170 e. The zero-order valence-corrected chi connectivity index (χ0v) is 17.9. The van der Waals surface area contributed by atoms with Crippen LogP contribution in [0.25, 0.3) is 11.3 Å². The molecular weight excluding hydrogens is 396 g/mol. The number of aromatic nitrogens is 2. The molecule has 6 heteroatoms. The van der Waals surface area contributed by atoms with Crippen LogP contribution in [0.2, 0.25) is 0 Å². The number of unbranched alkanes of at least 4 members (excludes halogenated alkanes) is 3. The van der Waals surface area contributed by atoms with E-state index in [-0.39, 0.29) is 0 Å². The number of nitrogens with zero attached hydrogens (tertiary/aromatic N) is 3. The molecule has 29 heavy (non-hydrogen) atoms. The van der Waals surface area contributed by atoms with Crippen LogP contribution in [0.5, 0.6) is 0 Å². The molecule has 0 aliphatic carbocycles. The number of nitrogens with one attached hydrogen (secondary N) is 1. The summed E-state index contributed by atoms with van der Waals surface area (Å²) in [5.74, 6) is 1.01. The van der Waals surface area contributed by atoms with Gasteiger partial charge in [0.05, 0.1) is 23.0 Å². The van der Waals surface area contributed by atoms with Gasteiger partial charge in [-0.2, -0.15) is 10.5 Å². The van der Waals surface area contributed by atoms with E-state index in [1.165, 1.54) is 31.0 Å². The van der Waals surface area contributed by atoms with Gasteiger partial charge in [0, 0.05) is 9.79 Å². The van der Waals surface area contributed by atoms with E-state index in [0.717, 1.165) is 33.2 Å². The number of H-pyrrole nitrogens is 1. The standard InChI is InChI=1S/C23H22N4S2/c1-2-3-4-8-11-28-19-12-18(14-24)20(15-25)22(13-19)29-23-26-16-21(27-23)17-9-6-5-7-10-17/h5-7,9-10,12-13,16H,2-4,8,11H2,1H3,(H,26,27). The Bertz CT molecular complexity index is 1030. The van der Waals surface area contributed by atoms with Gasteiger partial charge in [-0.3, -0.25) is 0 Å². The van der Waals surface area contributed by atoms with Crippen LogP contribution in [0.15, 0.2) is 63.6 Å². The molecule has 4 nitrogen and oxygen atoms in total. The monoisotopic (exact) mass is 418 g/mol. The van der Waals surface area contributed by atoms with E-state index in [0.29, 0.717) is 16.3 Å². The molecule has 0 spiro atoms. The largest absolute Gasteiger partial charge is 0.333 e. The minimum atomic E-state index is 0.408. The van der Waals surface area contributed by atoms with Gasteiger partial charge in [-0.1, -0.05) is 68.3 Å². The van der Waals surface area contributed by atoms with Gasteiger partial charge in [-0.15, -0.1) is 11.8 Å². The van der Waals surface area contributed by atoms with Crippen molar-refractivity contribution in [2.45, 2.75) is 47.6 Å². The fourth-order valence-corrected chi connectivity index (χ4v) is 4.88. The number of imidazole rings is 1. The third-order valence-electron chi connectivity index (χ3n) is 4.42.